The third kappa shape index (κ3) is 2.80. The molecule has 3 heterocycles. The summed E-state index contributed by atoms with van der Waals surface area (Å²) in [5.74, 6) is -0.537. The van der Waals surface area contributed by atoms with Gasteiger partial charge in [0.25, 0.3) is 0 Å². The van der Waals surface area contributed by atoms with E-state index in [4.69, 9.17) is 21.6 Å². The van der Waals surface area contributed by atoms with E-state index in [9.17, 15) is 19.1 Å². The van der Waals surface area contributed by atoms with E-state index in [1.165, 1.54) is 39.8 Å². The standard InChI is InChI=1S/C22H16ClFN4O4/c1-11-16(7-2-12(9-25)18(11)23)28-20(29)19-17-8-14(27(19)21(28)30)10-26(17)22(31)32-15-5-3-13(24)4-6-15/h2-7,14,17,29H,8,10H2,1H3/t14-,17?/m1/s1. The zero-order valence-electron chi connectivity index (χ0n) is 16.7. The zero-order valence-corrected chi connectivity index (χ0v) is 17.5. The van der Waals surface area contributed by atoms with Crippen LogP contribution in [0, 0.1) is 24.1 Å². The number of halogens is 2. The Balaban J connectivity index is 1.51. The summed E-state index contributed by atoms with van der Waals surface area (Å²) >= 11 is 6.25. The number of aromatic nitrogens is 2. The molecule has 5 rings (SSSR count). The van der Waals surface area contributed by atoms with Crippen LogP contribution in [0.2, 0.25) is 5.02 Å². The molecule has 2 atom stereocenters. The number of benzene rings is 2. The Kier molecular flexibility index (Phi) is 4.50. The number of amides is 1. The summed E-state index contributed by atoms with van der Waals surface area (Å²) in [4.78, 5) is 27.4. The van der Waals surface area contributed by atoms with Gasteiger partial charge in [-0.2, -0.15) is 5.26 Å². The summed E-state index contributed by atoms with van der Waals surface area (Å²) in [5.41, 5.74) is 0.982. The van der Waals surface area contributed by atoms with Crippen molar-refractivity contribution in [3.8, 4) is 23.4 Å². The topological polar surface area (TPSA) is 100 Å². The molecule has 2 aliphatic rings. The Bertz CT molecular complexity index is 1370. The normalized spacial score (nSPS) is 18.5. The highest BCUT2D eigenvalue weighted by molar-refractivity contribution is 6.32. The van der Waals surface area contributed by atoms with Crippen LogP contribution in [0.4, 0.5) is 9.18 Å². The van der Waals surface area contributed by atoms with E-state index in [0.717, 1.165) is 4.57 Å². The highest BCUT2D eigenvalue weighted by Crippen LogP contribution is 2.49. The molecule has 1 fully saturated rings. The lowest BCUT2D eigenvalue weighted by Crippen LogP contribution is -2.39. The number of carbonyl (C=O) groups is 1. The van der Waals surface area contributed by atoms with E-state index in [1.807, 2.05) is 6.07 Å². The molecule has 1 N–H and O–H groups in total. The van der Waals surface area contributed by atoms with Crippen molar-refractivity contribution in [3.63, 3.8) is 0 Å². The van der Waals surface area contributed by atoms with Gasteiger partial charge in [-0.15, -0.1) is 0 Å². The van der Waals surface area contributed by atoms with Crippen molar-refractivity contribution in [2.24, 2.45) is 0 Å². The average Bonchev–Trinajstić information content (AvgIpc) is 3.44. The van der Waals surface area contributed by atoms with Crippen LogP contribution in [0.5, 0.6) is 11.6 Å². The second-order valence-electron chi connectivity index (χ2n) is 7.76. The minimum absolute atomic E-state index is 0.196. The molecule has 2 aliphatic heterocycles. The van der Waals surface area contributed by atoms with Gasteiger partial charge in [-0.05, 0) is 55.3 Å². The second kappa shape index (κ2) is 7.14. The van der Waals surface area contributed by atoms with Gasteiger partial charge in [0.05, 0.1) is 28.4 Å². The molecule has 0 radical (unpaired) electrons. The van der Waals surface area contributed by atoms with Crippen molar-refractivity contribution in [2.75, 3.05) is 6.54 Å². The smallest absolute Gasteiger partial charge is 0.415 e. The van der Waals surface area contributed by atoms with Crippen LogP contribution in [0.25, 0.3) is 5.69 Å². The Morgan fingerprint density at radius 2 is 2.00 bits per heavy atom. The number of carbonyl (C=O) groups excluding carboxylic acids is 1. The van der Waals surface area contributed by atoms with Crippen LogP contribution >= 0.6 is 11.6 Å². The summed E-state index contributed by atoms with van der Waals surface area (Å²) in [6.07, 6.45) is -0.169. The number of fused-ring (bicyclic) bond motifs is 5. The molecule has 2 bridgehead atoms. The number of hydrogen-bond acceptors (Lipinski definition) is 5. The largest absolute Gasteiger partial charge is 0.493 e. The van der Waals surface area contributed by atoms with E-state index in [-0.39, 0.29) is 34.8 Å². The minimum atomic E-state index is -0.646. The van der Waals surface area contributed by atoms with E-state index in [2.05, 4.69) is 0 Å². The Morgan fingerprint density at radius 1 is 1.28 bits per heavy atom. The second-order valence-corrected chi connectivity index (χ2v) is 8.14. The number of rotatable bonds is 2. The number of ether oxygens (including phenoxy) is 1. The highest BCUT2D eigenvalue weighted by atomic mass is 35.5. The summed E-state index contributed by atoms with van der Waals surface area (Å²) in [6, 6.07) is 9.24. The minimum Gasteiger partial charge on any atom is -0.493 e. The van der Waals surface area contributed by atoms with E-state index in [0.29, 0.717) is 23.4 Å². The van der Waals surface area contributed by atoms with Gasteiger partial charge < -0.3 is 9.84 Å². The van der Waals surface area contributed by atoms with Crippen molar-refractivity contribution < 1.29 is 19.0 Å². The number of aromatic hydroxyl groups is 1. The number of imidazole rings is 1. The molecular weight excluding hydrogens is 439 g/mol. The monoisotopic (exact) mass is 454 g/mol. The maximum absolute atomic E-state index is 13.2. The first-order valence-corrected chi connectivity index (χ1v) is 10.2. The molecule has 32 heavy (non-hydrogen) atoms. The van der Waals surface area contributed by atoms with Crippen LogP contribution < -0.4 is 10.4 Å². The van der Waals surface area contributed by atoms with E-state index in [1.54, 1.807) is 13.0 Å². The third-order valence-electron chi connectivity index (χ3n) is 6.03. The van der Waals surface area contributed by atoms with Crippen molar-refractivity contribution in [3.05, 3.63) is 74.5 Å². The highest BCUT2D eigenvalue weighted by Gasteiger charge is 2.50. The molecule has 1 saturated heterocycles. The fourth-order valence-electron chi connectivity index (χ4n) is 4.53. The van der Waals surface area contributed by atoms with Crippen molar-refractivity contribution in [1.29, 1.82) is 5.26 Å². The van der Waals surface area contributed by atoms with Crippen molar-refractivity contribution in [1.82, 2.24) is 14.0 Å². The SMILES string of the molecule is Cc1c(-n2c(O)c3n(c2=O)[C@@H]2CC3N(C(=O)Oc3ccc(F)cc3)C2)ccc(C#N)c1Cl. The quantitative estimate of drug-likeness (QED) is 0.634. The molecule has 0 aliphatic carbocycles. The zero-order chi connectivity index (χ0) is 22.7. The fourth-order valence-corrected chi connectivity index (χ4v) is 4.73. The van der Waals surface area contributed by atoms with Gasteiger partial charge >= 0.3 is 11.8 Å². The van der Waals surface area contributed by atoms with Gasteiger partial charge in [0.1, 0.15) is 23.3 Å². The molecule has 0 saturated carbocycles. The number of likely N-dealkylation sites (tertiary alicyclic amines) is 1. The first-order chi connectivity index (χ1) is 15.3. The van der Waals surface area contributed by atoms with Crippen LogP contribution in [-0.4, -0.2) is 31.8 Å². The first-order valence-electron chi connectivity index (χ1n) is 9.81. The van der Waals surface area contributed by atoms with Crippen molar-refractivity contribution in [2.45, 2.75) is 25.4 Å². The number of hydrogen-bond donors (Lipinski definition) is 1. The van der Waals surface area contributed by atoms with Gasteiger partial charge in [0.2, 0.25) is 5.88 Å². The van der Waals surface area contributed by atoms with Crippen LogP contribution in [0.1, 0.15) is 35.3 Å². The number of nitriles is 1. The summed E-state index contributed by atoms with van der Waals surface area (Å²) in [6.45, 7) is 1.91. The molecule has 1 amide bonds. The fraction of sp³-hybridized carbons (Fsp3) is 0.227. The van der Waals surface area contributed by atoms with Gasteiger partial charge in [-0.25, -0.2) is 18.5 Å². The Hall–Kier alpha value is -3.77. The molecule has 10 heteroatoms. The van der Waals surface area contributed by atoms with Gasteiger partial charge in [0, 0.05) is 6.54 Å². The summed E-state index contributed by atoms with van der Waals surface area (Å²) in [7, 11) is 0. The van der Waals surface area contributed by atoms with Crippen LogP contribution in [-0.2, 0) is 0 Å². The molecule has 2 aromatic carbocycles. The Morgan fingerprint density at radius 3 is 2.69 bits per heavy atom. The van der Waals surface area contributed by atoms with E-state index < -0.39 is 23.6 Å². The first kappa shape index (κ1) is 20.2. The predicted molar refractivity (Wildman–Crippen MR) is 112 cm³/mol. The molecular formula is C22H16ClFN4O4. The molecule has 0 spiro atoms. The molecule has 1 unspecified atom stereocenters. The van der Waals surface area contributed by atoms with Crippen LogP contribution in [0.15, 0.2) is 41.2 Å². The lowest BCUT2D eigenvalue weighted by Gasteiger charge is -2.26. The van der Waals surface area contributed by atoms with Crippen LogP contribution in [0.3, 0.4) is 0 Å². The van der Waals surface area contributed by atoms with Gasteiger partial charge in [-0.1, -0.05) is 11.6 Å². The molecule has 3 aromatic rings. The molecule has 1 aromatic heterocycles. The molecule has 8 nitrogen and oxygen atoms in total. The van der Waals surface area contributed by atoms with Crippen molar-refractivity contribution >= 4 is 17.7 Å². The average molecular weight is 455 g/mol. The summed E-state index contributed by atoms with van der Waals surface area (Å²) in [5, 5.41) is 20.3. The third-order valence-corrected chi connectivity index (χ3v) is 6.52. The number of nitrogens with zero attached hydrogens (tertiary/aromatic N) is 4. The lowest BCUT2D eigenvalue weighted by atomic mass is 10.1. The predicted octanol–water partition coefficient (Wildman–Crippen LogP) is 3.82. The van der Waals surface area contributed by atoms with Gasteiger partial charge in [-0.3, -0.25) is 9.47 Å². The van der Waals surface area contributed by atoms with E-state index >= 15 is 0 Å². The summed E-state index contributed by atoms with van der Waals surface area (Å²) < 4.78 is 21.1. The Labute approximate surface area is 186 Å². The lowest BCUT2D eigenvalue weighted by molar-refractivity contribution is 0.140. The molecule has 162 valence electrons. The maximum Gasteiger partial charge on any atom is 0.415 e. The maximum atomic E-state index is 13.2. The van der Waals surface area contributed by atoms with Gasteiger partial charge in [0.15, 0.2) is 0 Å².